The van der Waals surface area contributed by atoms with Crippen LogP contribution in [0.25, 0.3) is 0 Å². The Balaban J connectivity index is 1.65. The topological polar surface area (TPSA) is 56.8 Å². The van der Waals surface area contributed by atoms with E-state index in [-0.39, 0.29) is 12.5 Å². The first-order chi connectivity index (χ1) is 11.1. The minimum atomic E-state index is -0.215. The number of amides is 1. The summed E-state index contributed by atoms with van der Waals surface area (Å²) < 4.78 is 16.6. The second-order valence-corrected chi connectivity index (χ2v) is 5.41. The molecule has 1 aliphatic rings. The van der Waals surface area contributed by atoms with E-state index in [1.807, 2.05) is 44.2 Å². The molecule has 5 nitrogen and oxygen atoms in total. The molecule has 0 saturated carbocycles. The molecule has 0 unspecified atom stereocenters. The van der Waals surface area contributed by atoms with Gasteiger partial charge in [-0.1, -0.05) is 18.2 Å². The number of hydrogen-bond donors (Lipinski definition) is 1. The van der Waals surface area contributed by atoms with Crippen molar-refractivity contribution in [3.63, 3.8) is 0 Å². The normalized spacial score (nSPS) is 12.6. The Morgan fingerprint density at radius 3 is 2.52 bits per heavy atom. The number of fused-ring (bicyclic) bond motifs is 1. The lowest BCUT2D eigenvalue weighted by molar-refractivity contribution is -0.118. The average Bonchev–Trinajstić information content (AvgIpc) is 2.55. The Kier molecular flexibility index (Phi) is 4.37. The first kappa shape index (κ1) is 15.2. The van der Waals surface area contributed by atoms with Gasteiger partial charge in [-0.25, -0.2) is 0 Å². The van der Waals surface area contributed by atoms with Gasteiger partial charge in [-0.05, 0) is 37.1 Å². The van der Waals surface area contributed by atoms with Crippen molar-refractivity contribution in [3.05, 3.63) is 47.5 Å². The summed E-state index contributed by atoms with van der Waals surface area (Å²) in [7, 11) is 0. The van der Waals surface area contributed by atoms with Crippen molar-refractivity contribution in [2.24, 2.45) is 0 Å². The van der Waals surface area contributed by atoms with Crippen molar-refractivity contribution in [2.75, 3.05) is 25.1 Å². The second-order valence-electron chi connectivity index (χ2n) is 5.41. The fourth-order valence-electron chi connectivity index (χ4n) is 2.37. The molecule has 2 aromatic carbocycles. The van der Waals surface area contributed by atoms with Crippen LogP contribution in [-0.4, -0.2) is 25.7 Å². The molecule has 0 aliphatic carbocycles. The number of anilines is 1. The Morgan fingerprint density at radius 1 is 1.09 bits per heavy atom. The van der Waals surface area contributed by atoms with Crippen LogP contribution >= 0.6 is 0 Å². The Hall–Kier alpha value is -2.69. The third-order valence-electron chi connectivity index (χ3n) is 3.62. The van der Waals surface area contributed by atoms with E-state index in [1.165, 1.54) is 0 Å². The molecule has 0 atom stereocenters. The van der Waals surface area contributed by atoms with Crippen LogP contribution in [0.15, 0.2) is 36.4 Å². The van der Waals surface area contributed by atoms with Crippen LogP contribution in [0.1, 0.15) is 11.1 Å². The number of carbonyl (C=O) groups is 1. The highest BCUT2D eigenvalue weighted by Crippen LogP contribution is 2.35. The maximum Gasteiger partial charge on any atom is 0.262 e. The molecule has 0 radical (unpaired) electrons. The number of rotatable bonds is 4. The number of hydrogen-bond acceptors (Lipinski definition) is 4. The summed E-state index contributed by atoms with van der Waals surface area (Å²) in [6.07, 6.45) is 0. The highest BCUT2D eigenvalue weighted by molar-refractivity contribution is 5.93. The van der Waals surface area contributed by atoms with Crippen molar-refractivity contribution in [3.8, 4) is 17.2 Å². The van der Waals surface area contributed by atoms with Gasteiger partial charge in [-0.3, -0.25) is 4.79 Å². The Bertz CT molecular complexity index is 727. The summed E-state index contributed by atoms with van der Waals surface area (Å²) in [6.45, 7) is 4.87. The van der Waals surface area contributed by atoms with Crippen LogP contribution in [0.5, 0.6) is 17.2 Å². The van der Waals surface area contributed by atoms with E-state index >= 15 is 0 Å². The van der Waals surface area contributed by atoms with Crippen molar-refractivity contribution in [1.29, 1.82) is 0 Å². The zero-order valence-corrected chi connectivity index (χ0v) is 13.2. The standard InChI is InChI=1S/C18H19NO4/c1-12-5-3-4-6-15(12)23-11-18(20)19-14-10-17-16(9-13(14)2)21-7-8-22-17/h3-6,9-10H,7-8,11H2,1-2H3,(H,19,20). The van der Waals surface area contributed by atoms with Crippen LogP contribution in [-0.2, 0) is 4.79 Å². The molecule has 23 heavy (non-hydrogen) atoms. The summed E-state index contributed by atoms with van der Waals surface area (Å²) in [6, 6.07) is 11.3. The van der Waals surface area contributed by atoms with Crippen molar-refractivity contribution < 1.29 is 19.0 Å². The van der Waals surface area contributed by atoms with E-state index in [4.69, 9.17) is 14.2 Å². The SMILES string of the molecule is Cc1cc2c(cc1NC(=O)COc1ccccc1C)OCCO2. The number of aryl methyl sites for hydroxylation is 2. The predicted molar refractivity (Wildman–Crippen MR) is 87.5 cm³/mol. The molecule has 3 rings (SSSR count). The molecule has 0 aromatic heterocycles. The summed E-state index contributed by atoms with van der Waals surface area (Å²) in [4.78, 5) is 12.1. The van der Waals surface area contributed by atoms with Crippen molar-refractivity contribution in [2.45, 2.75) is 13.8 Å². The molecule has 0 fully saturated rings. The van der Waals surface area contributed by atoms with E-state index in [9.17, 15) is 4.79 Å². The van der Waals surface area contributed by atoms with E-state index in [2.05, 4.69) is 5.32 Å². The largest absolute Gasteiger partial charge is 0.486 e. The zero-order chi connectivity index (χ0) is 16.2. The number of nitrogens with one attached hydrogen (secondary N) is 1. The monoisotopic (exact) mass is 313 g/mol. The summed E-state index contributed by atoms with van der Waals surface area (Å²) in [5.74, 6) is 1.86. The van der Waals surface area contributed by atoms with Gasteiger partial charge in [0.15, 0.2) is 18.1 Å². The number of ether oxygens (including phenoxy) is 3. The zero-order valence-electron chi connectivity index (χ0n) is 13.2. The van der Waals surface area contributed by atoms with Crippen LogP contribution in [0.4, 0.5) is 5.69 Å². The predicted octanol–water partition coefficient (Wildman–Crippen LogP) is 3.09. The molecule has 0 saturated heterocycles. The van der Waals surface area contributed by atoms with Crippen molar-refractivity contribution in [1.82, 2.24) is 0 Å². The lowest BCUT2D eigenvalue weighted by atomic mass is 10.1. The van der Waals surface area contributed by atoms with Crippen LogP contribution in [0, 0.1) is 13.8 Å². The van der Waals surface area contributed by atoms with Gasteiger partial charge in [0.1, 0.15) is 19.0 Å². The smallest absolute Gasteiger partial charge is 0.262 e. The fraction of sp³-hybridized carbons (Fsp3) is 0.278. The van der Waals surface area contributed by atoms with Gasteiger partial charge in [-0.2, -0.15) is 0 Å². The van der Waals surface area contributed by atoms with E-state index in [0.717, 1.165) is 11.1 Å². The maximum atomic E-state index is 12.1. The Morgan fingerprint density at radius 2 is 1.78 bits per heavy atom. The van der Waals surface area contributed by atoms with Crippen LogP contribution in [0.3, 0.4) is 0 Å². The minimum Gasteiger partial charge on any atom is -0.486 e. The quantitative estimate of drug-likeness (QED) is 0.942. The molecule has 1 amide bonds. The minimum absolute atomic E-state index is 0.0429. The van der Waals surface area contributed by atoms with Gasteiger partial charge in [0.05, 0.1) is 0 Å². The summed E-state index contributed by atoms with van der Waals surface area (Å²) >= 11 is 0. The number of carbonyl (C=O) groups excluding carboxylic acids is 1. The summed E-state index contributed by atoms with van der Waals surface area (Å²) in [5.41, 5.74) is 2.61. The van der Waals surface area contributed by atoms with Crippen LogP contribution < -0.4 is 19.5 Å². The molecular weight excluding hydrogens is 294 g/mol. The molecule has 1 aliphatic heterocycles. The molecule has 1 heterocycles. The van der Waals surface area contributed by atoms with Gasteiger partial charge < -0.3 is 19.5 Å². The third-order valence-corrected chi connectivity index (χ3v) is 3.62. The lowest BCUT2D eigenvalue weighted by Crippen LogP contribution is -2.21. The van der Waals surface area contributed by atoms with Gasteiger partial charge in [0.25, 0.3) is 5.91 Å². The van der Waals surface area contributed by atoms with Gasteiger partial charge in [0, 0.05) is 11.8 Å². The first-order valence-electron chi connectivity index (χ1n) is 7.52. The molecule has 5 heteroatoms. The highest BCUT2D eigenvalue weighted by atomic mass is 16.6. The molecule has 1 N–H and O–H groups in total. The average molecular weight is 313 g/mol. The van der Waals surface area contributed by atoms with Crippen LogP contribution in [0.2, 0.25) is 0 Å². The van der Waals surface area contributed by atoms with Crippen molar-refractivity contribution >= 4 is 11.6 Å². The first-order valence-corrected chi connectivity index (χ1v) is 7.52. The lowest BCUT2D eigenvalue weighted by Gasteiger charge is -2.20. The fourth-order valence-corrected chi connectivity index (χ4v) is 2.37. The molecule has 0 spiro atoms. The molecule has 120 valence electrons. The molecule has 2 aromatic rings. The second kappa shape index (κ2) is 6.60. The molecular formula is C18H19NO4. The summed E-state index contributed by atoms with van der Waals surface area (Å²) in [5, 5.41) is 2.85. The van der Waals surface area contributed by atoms with Gasteiger partial charge >= 0.3 is 0 Å². The third kappa shape index (κ3) is 3.56. The maximum absolute atomic E-state index is 12.1. The van der Waals surface area contributed by atoms with Gasteiger partial charge in [-0.15, -0.1) is 0 Å². The Labute approximate surface area is 135 Å². The van der Waals surface area contributed by atoms with Gasteiger partial charge in [0.2, 0.25) is 0 Å². The number of para-hydroxylation sites is 1. The van der Waals surface area contributed by atoms with E-state index in [0.29, 0.717) is 36.1 Å². The van der Waals surface area contributed by atoms with E-state index in [1.54, 1.807) is 6.07 Å². The van der Waals surface area contributed by atoms with E-state index < -0.39 is 0 Å². The highest BCUT2D eigenvalue weighted by Gasteiger charge is 2.15. The molecule has 0 bridgehead atoms. The number of benzene rings is 2.